The minimum atomic E-state index is 0.172. The molecule has 2 rings (SSSR count). The number of guanidine groups is 1. The number of nitrogens with one attached hydrogen (secondary N) is 2. The normalized spacial score (nSPS) is 14.8. The van der Waals surface area contributed by atoms with Crippen molar-refractivity contribution >= 4 is 5.96 Å². The van der Waals surface area contributed by atoms with Gasteiger partial charge in [-0.25, -0.2) is 0 Å². The van der Waals surface area contributed by atoms with Crippen LogP contribution in [-0.2, 0) is 6.42 Å². The first-order valence-electron chi connectivity index (χ1n) is 9.29. The van der Waals surface area contributed by atoms with E-state index >= 15 is 0 Å². The number of aliphatic imine (C=N–C) groups is 1. The molecule has 5 heteroatoms. The fourth-order valence-corrected chi connectivity index (χ4v) is 2.99. The van der Waals surface area contributed by atoms with Gasteiger partial charge in [-0.3, -0.25) is 4.99 Å². The molecule has 0 spiro atoms. The highest BCUT2D eigenvalue weighted by molar-refractivity contribution is 5.79. The predicted molar refractivity (Wildman–Crippen MR) is 104 cm³/mol. The van der Waals surface area contributed by atoms with E-state index in [-0.39, 0.29) is 5.75 Å². The SMILES string of the molecule is CCNC(=NCCC1=CCCCC1)NCCc1ccc(O)c(OC)c1. The molecule has 0 aliphatic heterocycles. The quantitative estimate of drug-likeness (QED) is 0.384. The van der Waals surface area contributed by atoms with Crippen molar-refractivity contribution in [1.82, 2.24) is 10.6 Å². The summed E-state index contributed by atoms with van der Waals surface area (Å²) in [6, 6.07) is 5.46. The molecule has 0 aromatic heterocycles. The van der Waals surface area contributed by atoms with E-state index in [0.29, 0.717) is 5.75 Å². The van der Waals surface area contributed by atoms with E-state index in [1.807, 2.05) is 12.1 Å². The molecular weight excluding hydrogens is 314 g/mol. The smallest absolute Gasteiger partial charge is 0.191 e. The summed E-state index contributed by atoms with van der Waals surface area (Å²) in [5.41, 5.74) is 2.67. The van der Waals surface area contributed by atoms with Gasteiger partial charge in [0.2, 0.25) is 0 Å². The average molecular weight is 345 g/mol. The van der Waals surface area contributed by atoms with Gasteiger partial charge < -0.3 is 20.5 Å². The van der Waals surface area contributed by atoms with Crippen molar-refractivity contribution in [3.05, 3.63) is 35.4 Å². The van der Waals surface area contributed by atoms with E-state index in [4.69, 9.17) is 4.74 Å². The summed E-state index contributed by atoms with van der Waals surface area (Å²) in [5, 5.41) is 16.3. The summed E-state index contributed by atoms with van der Waals surface area (Å²) >= 11 is 0. The Morgan fingerprint density at radius 1 is 1.24 bits per heavy atom. The van der Waals surface area contributed by atoms with Crippen LogP contribution in [0.2, 0.25) is 0 Å². The fraction of sp³-hybridized carbons (Fsp3) is 0.550. The van der Waals surface area contributed by atoms with Gasteiger partial charge in [-0.15, -0.1) is 0 Å². The summed E-state index contributed by atoms with van der Waals surface area (Å²) in [5.74, 6) is 1.55. The second-order valence-electron chi connectivity index (χ2n) is 6.30. The van der Waals surface area contributed by atoms with Crippen molar-refractivity contribution in [1.29, 1.82) is 0 Å². The zero-order chi connectivity index (χ0) is 17.9. The molecule has 0 amide bonds. The van der Waals surface area contributed by atoms with Gasteiger partial charge in [0.1, 0.15) is 0 Å². The van der Waals surface area contributed by atoms with Crippen LogP contribution >= 0.6 is 0 Å². The van der Waals surface area contributed by atoms with Crippen molar-refractivity contribution in [3.63, 3.8) is 0 Å². The number of rotatable bonds is 8. The third kappa shape index (κ3) is 6.69. The van der Waals surface area contributed by atoms with Crippen molar-refractivity contribution in [2.45, 2.75) is 45.4 Å². The maximum absolute atomic E-state index is 9.65. The molecule has 1 aliphatic carbocycles. The number of phenolic OH excluding ortho intramolecular Hbond substituents is 1. The third-order valence-electron chi connectivity index (χ3n) is 4.38. The van der Waals surface area contributed by atoms with E-state index in [9.17, 15) is 5.11 Å². The topological polar surface area (TPSA) is 65.9 Å². The third-order valence-corrected chi connectivity index (χ3v) is 4.38. The Morgan fingerprint density at radius 2 is 2.12 bits per heavy atom. The highest BCUT2D eigenvalue weighted by atomic mass is 16.5. The monoisotopic (exact) mass is 345 g/mol. The molecule has 0 heterocycles. The molecule has 0 radical (unpaired) electrons. The van der Waals surface area contributed by atoms with Crippen molar-refractivity contribution in [2.24, 2.45) is 4.99 Å². The Morgan fingerprint density at radius 3 is 2.84 bits per heavy atom. The van der Waals surface area contributed by atoms with Crippen LogP contribution in [0, 0.1) is 0 Å². The summed E-state index contributed by atoms with van der Waals surface area (Å²) < 4.78 is 5.15. The lowest BCUT2D eigenvalue weighted by atomic mass is 9.97. The van der Waals surface area contributed by atoms with Crippen LogP contribution in [0.25, 0.3) is 0 Å². The number of phenols is 1. The van der Waals surface area contributed by atoms with Crippen LogP contribution in [0.5, 0.6) is 11.5 Å². The Balaban J connectivity index is 1.80. The minimum absolute atomic E-state index is 0.172. The molecule has 0 atom stereocenters. The number of methoxy groups -OCH3 is 1. The van der Waals surface area contributed by atoms with Gasteiger partial charge in [-0.1, -0.05) is 17.7 Å². The van der Waals surface area contributed by atoms with Gasteiger partial charge in [0.05, 0.1) is 7.11 Å². The molecule has 0 unspecified atom stereocenters. The predicted octanol–water partition coefficient (Wildman–Crippen LogP) is 3.39. The molecule has 1 aromatic rings. The first-order chi connectivity index (χ1) is 12.2. The molecular formula is C20H31N3O2. The van der Waals surface area contributed by atoms with Gasteiger partial charge in [0, 0.05) is 19.6 Å². The molecule has 3 N–H and O–H groups in total. The first-order valence-corrected chi connectivity index (χ1v) is 9.29. The molecule has 0 saturated carbocycles. The maximum Gasteiger partial charge on any atom is 0.191 e. The van der Waals surface area contributed by atoms with Gasteiger partial charge >= 0.3 is 0 Å². The average Bonchev–Trinajstić information content (AvgIpc) is 2.64. The van der Waals surface area contributed by atoms with Crippen LogP contribution in [0.15, 0.2) is 34.8 Å². The summed E-state index contributed by atoms with van der Waals surface area (Å²) in [6.45, 7) is 4.53. The standard InChI is InChI=1S/C20H31N3O2/c1-3-21-20(22-13-11-16-7-5-4-6-8-16)23-14-12-17-9-10-18(24)19(15-17)25-2/h7,9-10,15,24H,3-6,8,11-14H2,1-2H3,(H2,21,22,23). The van der Waals surface area contributed by atoms with Crippen LogP contribution in [-0.4, -0.2) is 37.8 Å². The minimum Gasteiger partial charge on any atom is -0.504 e. The molecule has 5 nitrogen and oxygen atoms in total. The zero-order valence-corrected chi connectivity index (χ0v) is 15.5. The number of aromatic hydroxyl groups is 1. The number of hydrogen-bond acceptors (Lipinski definition) is 3. The van der Waals surface area contributed by atoms with E-state index in [1.54, 1.807) is 18.7 Å². The van der Waals surface area contributed by atoms with E-state index in [2.05, 4.69) is 28.6 Å². The summed E-state index contributed by atoms with van der Waals surface area (Å²) in [6.07, 6.45) is 9.41. The Hall–Kier alpha value is -2.17. The molecule has 0 fully saturated rings. The largest absolute Gasteiger partial charge is 0.504 e. The number of benzene rings is 1. The lowest BCUT2D eigenvalue weighted by Crippen LogP contribution is -2.38. The molecule has 1 aromatic carbocycles. The molecule has 0 bridgehead atoms. The summed E-state index contributed by atoms with van der Waals surface area (Å²) in [4.78, 5) is 4.68. The van der Waals surface area contributed by atoms with Gasteiger partial charge in [0.25, 0.3) is 0 Å². The highest BCUT2D eigenvalue weighted by Crippen LogP contribution is 2.26. The maximum atomic E-state index is 9.65. The molecule has 25 heavy (non-hydrogen) atoms. The highest BCUT2D eigenvalue weighted by Gasteiger charge is 2.05. The number of hydrogen-bond donors (Lipinski definition) is 3. The van der Waals surface area contributed by atoms with E-state index in [0.717, 1.165) is 44.0 Å². The number of nitrogens with zero attached hydrogens (tertiary/aromatic N) is 1. The van der Waals surface area contributed by atoms with E-state index < -0.39 is 0 Å². The fourth-order valence-electron chi connectivity index (χ4n) is 2.99. The number of allylic oxidation sites excluding steroid dienone is 1. The van der Waals surface area contributed by atoms with Crippen molar-refractivity contribution in [3.8, 4) is 11.5 Å². The molecule has 1 aliphatic rings. The Bertz CT molecular complexity index is 597. The molecule has 0 saturated heterocycles. The second kappa shape index (κ2) is 10.6. The second-order valence-corrected chi connectivity index (χ2v) is 6.30. The van der Waals surface area contributed by atoms with Crippen LogP contribution in [0.3, 0.4) is 0 Å². The van der Waals surface area contributed by atoms with Gasteiger partial charge in [0.15, 0.2) is 17.5 Å². The Labute approximate surface area is 151 Å². The first kappa shape index (κ1) is 19.2. The lowest BCUT2D eigenvalue weighted by Gasteiger charge is -2.13. The van der Waals surface area contributed by atoms with E-state index in [1.165, 1.54) is 25.7 Å². The zero-order valence-electron chi connectivity index (χ0n) is 15.5. The van der Waals surface area contributed by atoms with Crippen molar-refractivity contribution < 1.29 is 9.84 Å². The van der Waals surface area contributed by atoms with Crippen molar-refractivity contribution in [2.75, 3.05) is 26.7 Å². The summed E-state index contributed by atoms with van der Waals surface area (Å²) in [7, 11) is 1.56. The van der Waals surface area contributed by atoms with Crippen LogP contribution in [0.1, 0.15) is 44.6 Å². The number of ether oxygens (including phenoxy) is 1. The van der Waals surface area contributed by atoms with Gasteiger partial charge in [-0.2, -0.15) is 0 Å². The van der Waals surface area contributed by atoms with Crippen LogP contribution < -0.4 is 15.4 Å². The Kier molecular flexibility index (Phi) is 8.16. The molecule has 138 valence electrons. The van der Waals surface area contributed by atoms with Crippen LogP contribution in [0.4, 0.5) is 0 Å². The van der Waals surface area contributed by atoms with Gasteiger partial charge in [-0.05, 0) is 63.1 Å². The lowest BCUT2D eigenvalue weighted by molar-refractivity contribution is 0.373.